The van der Waals surface area contributed by atoms with E-state index in [1.54, 1.807) is 18.2 Å². The maximum atomic E-state index is 10.1. The molecular formula is C11H12BrClO2. The van der Waals surface area contributed by atoms with E-state index in [1.165, 1.54) is 0 Å². The van der Waals surface area contributed by atoms with Crippen LogP contribution >= 0.6 is 27.5 Å². The molecule has 0 saturated heterocycles. The molecule has 15 heavy (non-hydrogen) atoms. The predicted octanol–water partition coefficient (Wildman–Crippen LogP) is 3.31. The van der Waals surface area contributed by atoms with Gasteiger partial charge in [-0.25, -0.2) is 0 Å². The first-order chi connectivity index (χ1) is 6.92. The van der Waals surface area contributed by atoms with Crippen LogP contribution in [0, 0.1) is 0 Å². The topological polar surface area (TPSA) is 29.5 Å². The fourth-order valence-corrected chi connectivity index (χ4v) is 2.28. The van der Waals surface area contributed by atoms with Gasteiger partial charge in [-0.15, -0.1) is 0 Å². The Balaban J connectivity index is 2.50. The van der Waals surface area contributed by atoms with Crippen LogP contribution in [0.25, 0.3) is 0 Å². The van der Waals surface area contributed by atoms with E-state index in [-0.39, 0.29) is 4.83 Å². The minimum atomic E-state index is -0.595. The van der Waals surface area contributed by atoms with E-state index in [2.05, 4.69) is 15.9 Å². The second-order valence-corrected chi connectivity index (χ2v) is 5.66. The number of benzene rings is 1. The maximum Gasteiger partial charge on any atom is 0.126 e. The Kier molecular flexibility index (Phi) is 2.73. The average molecular weight is 292 g/mol. The summed E-state index contributed by atoms with van der Waals surface area (Å²) in [5.74, 6) is 0.701. The van der Waals surface area contributed by atoms with Crippen molar-refractivity contribution in [3.8, 4) is 5.75 Å². The number of hydrogen-bond donors (Lipinski definition) is 1. The van der Waals surface area contributed by atoms with Gasteiger partial charge in [-0.05, 0) is 32.0 Å². The summed E-state index contributed by atoms with van der Waals surface area (Å²) in [6, 6.07) is 5.30. The molecule has 0 spiro atoms. The molecule has 0 radical (unpaired) electrons. The molecule has 0 aromatic heterocycles. The molecule has 82 valence electrons. The van der Waals surface area contributed by atoms with Gasteiger partial charge in [-0.3, -0.25) is 0 Å². The van der Waals surface area contributed by atoms with E-state index in [9.17, 15) is 5.11 Å². The molecule has 0 saturated carbocycles. The monoisotopic (exact) mass is 290 g/mol. The number of aliphatic hydroxyl groups is 1. The molecule has 2 nitrogen and oxygen atoms in total. The molecule has 1 N–H and O–H groups in total. The predicted molar refractivity (Wildman–Crippen MR) is 63.8 cm³/mol. The molecule has 1 aliphatic rings. The lowest BCUT2D eigenvalue weighted by molar-refractivity contribution is 0.0226. The third-order valence-electron chi connectivity index (χ3n) is 2.60. The highest BCUT2D eigenvalue weighted by Crippen LogP contribution is 2.43. The molecule has 0 aliphatic carbocycles. The van der Waals surface area contributed by atoms with Crippen molar-refractivity contribution in [2.24, 2.45) is 0 Å². The van der Waals surface area contributed by atoms with Crippen LogP contribution in [-0.4, -0.2) is 15.5 Å². The lowest BCUT2D eigenvalue weighted by atomic mass is 9.92. The van der Waals surface area contributed by atoms with E-state index >= 15 is 0 Å². The minimum absolute atomic E-state index is 0.143. The average Bonchev–Trinajstić information content (AvgIpc) is 2.16. The summed E-state index contributed by atoms with van der Waals surface area (Å²) in [4.78, 5) is -0.143. The van der Waals surface area contributed by atoms with Gasteiger partial charge in [-0.1, -0.05) is 27.5 Å². The number of fused-ring (bicyclic) bond motifs is 1. The molecule has 0 amide bonds. The molecule has 2 atom stereocenters. The Morgan fingerprint density at radius 1 is 1.47 bits per heavy atom. The first kappa shape index (κ1) is 11.2. The molecule has 0 bridgehead atoms. The van der Waals surface area contributed by atoms with Crippen molar-refractivity contribution < 1.29 is 9.84 Å². The van der Waals surface area contributed by atoms with E-state index in [1.807, 2.05) is 13.8 Å². The smallest absolute Gasteiger partial charge is 0.126 e. The van der Waals surface area contributed by atoms with Crippen LogP contribution in [-0.2, 0) is 0 Å². The molecular weight excluding hydrogens is 279 g/mol. The van der Waals surface area contributed by atoms with Gasteiger partial charge in [0.2, 0.25) is 0 Å². The van der Waals surface area contributed by atoms with Crippen LogP contribution in [0.15, 0.2) is 18.2 Å². The second-order valence-electron chi connectivity index (χ2n) is 4.23. The van der Waals surface area contributed by atoms with Crippen LogP contribution in [0.4, 0.5) is 0 Å². The molecule has 0 fully saturated rings. The van der Waals surface area contributed by atoms with Gasteiger partial charge < -0.3 is 9.84 Å². The fraction of sp³-hybridized carbons (Fsp3) is 0.455. The van der Waals surface area contributed by atoms with Crippen molar-refractivity contribution in [1.82, 2.24) is 0 Å². The number of halogens is 2. The van der Waals surface area contributed by atoms with E-state index in [0.29, 0.717) is 10.8 Å². The summed E-state index contributed by atoms with van der Waals surface area (Å²) in [6.07, 6.45) is -0.595. The number of rotatable bonds is 0. The Bertz CT molecular complexity index is 392. The number of aliphatic hydroxyl groups excluding tert-OH is 1. The van der Waals surface area contributed by atoms with E-state index in [4.69, 9.17) is 16.3 Å². The molecule has 1 aliphatic heterocycles. The quantitative estimate of drug-likeness (QED) is 0.743. The van der Waals surface area contributed by atoms with E-state index < -0.39 is 11.7 Å². The van der Waals surface area contributed by atoms with Gasteiger partial charge in [0.15, 0.2) is 0 Å². The van der Waals surface area contributed by atoms with Crippen molar-refractivity contribution >= 4 is 27.5 Å². The number of alkyl halides is 1. The zero-order valence-corrected chi connectivity index (χ0v) is 10.8. The summed E-state index contributed by atoms with van der Waals surface area (Å²) in [5.41, 5.74) is 0.309. The Morgan fingerprint density at radius 3 is 2.80 bits per heavy atom. The first-order valence-corrected chi connectivity index (χ1v) is 6.02. The van der Waals surface area contributed by atoms with Gasteiger partial charge in [0.1, 0.15) is 11.4 Å². The van der Waals surface area contributed by atoms with E-state index in [0.717, 1.165) is 5.56 Å². The Labute approximate surface area is 102 Å². The van der Waals surface area contributed by atoms with Crippen LogP contribution in [0.1, 0.15) is 25.5 Å². The lowest BCUT2D eigenvalue weighted by Crippen LogP contribution is -2.45. The summed E-state index contributed by atoms with van der Waals surface area (Å²) in [7, 11) is 0. The van der Waals surface area contributed by atoms with Crippen molar-refractivity contribution in [3.05, 3.63) is 28.8 Å². The highest BCUT2D eigenvalue weighted by molar-refractivity contribution is 9.09. The second kappa shape index (κ2) is 3.65. The highest BCUT2D eigenvalue weighted by atomic mass is 79.9. The van der Waals surface area contributed by atoms with Gasteiger partial charge in [0.05, 0.1) is 10.9 Å². The van der Waals surface area contributed by atoms with Crippen molar-refractivity contribution in [2.45, 2.75) is 30.4 Å². The fourth-order valence-electron chi connectivity index (χ4n) is 1.72. The standard InChI is InChI=1S/C11H12BrClO2/c1-11(2)10(12)9(14)7-5-6(13)3-4-8(7)15-11/h3-5,9-10,14H,1-2H3/t9-,10+/m0/s1. The molecule has 4 heteroatoms. The van der Waals surface area contributed by atoms with Crippen LogP contribution in [0.2, 0.25) is 5.02 Å². The summed E-state index contributed by atoms with van der Waals surface area (Å²) in [5, 5.41) is 10.7. The Hall–Kier alpha value is -0.250. The zero-order chi connectivity index (χ0) is 11.2. The number of hydrogen-bond acceptors (Lipinski definition) is 2. The van der Waals surface area contributed by atoms with Crippen molar-refractivity contribution in [1.29, 1.82) is 0 Å². The molecule has 0 unspecified atom stereocenters. The maximum absolute atomic E-state index is 10.1. The minimum Gasteiger partial charge on any atom is -0.486 e. The lowest BCUT2D eigenvalue weighted by Gasteiger charge is -2.40. The summed E-state index contributed by atoms with van der Waals surface area (Å²) < 4.78 is 5.79. The van der Waals surface area contributed by atoms with Crippen LogP contribution in [0.5, 0.6) is 5.75 Å². The highest BCUT2D eigenvalue weighted by Gasteiger charge is 2.41. The summed E-state index contributed by atoms with van der Waals surface area (Å²) >= 11 is 9.33. The normalized spacial score (nSPS) is 28.1. The SMILES string of the molecule is CC1(C)Oc2ccc(Cl)cc2[C@H](O)[C@H]1Br. The zero-order valence-electron chi connectivity index (χ0n) is 8.50. The van der Waals surface area contributed by atoms with Gasteiger partial charge in [-0.2, -0.15) is 0 Å². The van der Waals surface area contributed by atoms with Crippen molar-refractivity contribution in [3.63, 3.8) is 0 Å². The van der Waals surface area contributed by atoms with Crippen molar-refractivity contribution in [2.75, 3.05) is 0 Å². The summed E-state index contributed by atoms with van der Waals surface area (Å²) in [6.45, 7) is 3.88. The van der Waals surface area contributed by atoms with Gasteiger partial charge >= 0.3 is 0 Å². The third-order valence-corrected chi connectivity index (χ3v) is 4.44. The van der Waals surface area contributed by atoms with Crippen LogP contribution in [0.3, 0.4) is 0 Å². The van der Waals surface area contributed by atoms with Gasteiger partial charge in [0.25, 0.3) is 0 Å². The molecule has 2 rings (SSSR count). The molecule has 1 aromatic carbocycles. The van der Waals surface area contributed by atoms with Gasteiger partial charge in [0, 0.05) is 10.6 Å². The molecule has 1 heterocycles. The third kappa shape index (κ3) is 1.88. The largest absolute Gasteiger partial charge is 0.486 e. The number of ether oxygens (including phenoxy) is 1. The molecule has 1 aromatic rings. The first-order valence-electron chi connectivity index (χ1n) is 4.72. The van der Waals surface area contributed by atoms with Crippen LogP contribution < -0.4 is 4.74 Å². The Morgan fingerprint density at radius 2 is 2.13 bits per heavy atom.